The third kappa shape index (κ3) is 3.11. The van der Waals surface area contributed by atoms with E-state index in [0.29, 0.717) is 18.7 Å². The maximum absolute atomic E-state index is 13.1. The van der Waals surface area contributed by atoms with E-state index in [9.17, 15) is 13.2 Å². The Bertz CT molecular complexity index is 545. The van der Waals surface area contributed by atoms with Crippen LogP contribution in [0.15, 0.2) is 18.3 Å². The molecule has 0 aliphatic rings. The van der Waals surface area contributed by atoms with Gasteiger partial charge in [-0.1, -0.05) is 5.21 Å². The molecule has 0 aliphatic heterocycles. The van der Waals surface area contributed by atoms with Crippen LogP contribution < -0.4 is 5.73 Å². The topological polar surface area (TPSA) is 56.7 Å². The molecular weight excluding hydrogens is 257 g/mol. The highest BCUT2D eigenvalue weighted by Gasteiger charge is 2.12. The van der Waals surface area contributed by atoms with Crippen molar-refractivity contribution in [3.8, 4) is 5.69 Å². The molecule has 0 fully saturated rings. The van der Waals surface area contributed by atoms with Crippen LogP contribution in [0.25, 0.3) is 5.69 Å². The third-order valence-electron chi connectivity index (χ3n) is 2.66. The summed E-state index contributed by atoms with van der Waals surface area (Å²) in [6.07, 6.45) is 3.97. The predicted octanol–water partition coefficient (Wildman–Crippen LogP) is 1.97. The van der Waals surface area contributed by atoms with Crippen LogP contribution in [0.3, 0.4) is 0 Å². The number of halogens is 3. The van der Waals surface area contributed by atoms with Gasteiger partial charge >= 0.3 is 0 Å². The van der Waals surface area contributed by atoms with Gasteiger partial charge in [-0.05, 0) is 25.8 Å². The van der Waals surface area contributed by atoms with Crippen molar-refractivity contribution in [1.29, 1.82) is 0 Å². The zero-order valence-electron chi connectivity index (χ0n) is 10.1. The van der Waals surface area contributed by atoms with Crippen LogP contribution in [0.4, 0.5) is 13.2 Å². The number of unbranched alkanes of at least 4 members (excludes halogenated alkanes) is 1. The number of hydrogen-bond donors (Lipinski definition) is 1. The minimum absolute atomic E-state index is 0.0916. The molecule has 4 nitrogen and oxygen atoms in total. The highest BCUT2D eigenvalue weighted by molar-refractivity contribution is 5.32. The Morgan fingerprint density at radius 3 is 2.42 bits per heavy atom. The molecule has 0 unspecified atom stereocenters. The average Bonchev–Trinajstić information content (AvgIpc) is 2.84. The molecule has 19 heavy (non-hydrogen) atoms. The van der Waals surface area contributed by atoms with Gasteiger partial charge < -0.3 is 5.73 Å². The van der Waals surface area contributed by atoms with Gasteiger partial charge in [0.15, 0.2) is 17.5 Å². The molecule has 2 N–H and O–H groups in total. The summed E-state index contributed by atoms with van der Waals surface area (Å²) >= 11 is 0. The van der Waals surface area contributed by atoms with E-state index < -0.39 is 17.5 Å². The lowest BCUT2D eigenvalue weighted by molar-refractivity contribution is 0.446. The quantitative estimate of drug-likeness (QED) is 0.667. The lowest BCUT2D eigenvalue weighted by atomic mass is 10.2. The van der Waals surface area contributed by atoms with Crippen molar-refractivity contribution < 1.29 is 13.2 Å². The first kappa shape index (κ1) is 13.5. The number of nitrogens with two attached hydrogens (primary N) is 1. The second-order valence-corrected chi connectivity index (χ2v) is 4.12. The molecular formula is C12H13F3N4. The summed E-state index contributed by atoms with van der Waals surface area (Å²) in [6, 6.07) is 1.74. The molecule has 0 bridgehead atoms. The number of aryl methyl sites for hydroxylation is 1. The third-order valence-corrected chi connectivity index (χ3v) is 2.66. The van der Waals surface area contributed by atoms with Crippen LogP contribution >= 0.6 is 0 Å². The van der Waals surface area contributed by atoms with Gasteiger partial charge in [0, 0.05) is 12.1 Å². The Balaban J connectivity index is 2.18. The highest BCUT2D eigenvalue weighted by atomic mass is 19.2. The summed E-state index contributed by atoms with van der Waals surface area (Å²) in [5.74, 6) is -4.00. The molecule has 7 heteroatoms. The zero-order chi connectivity index (χ0) is 13.8. The summed E-state index contributed by atoms with van der Waals surface area (Å²) < 4.78 is 40.2. The van der Waals surface area contributed by atoms with E-state index in [-0.39, 0.29) is 5.69 Å². The first-order valence-electron chi connectivity index (χ1n) is 5.88. The lowest BCUT2D eigenvalue weighted by Gasteiger charge is -2.01. The van der Waals surface area contributed by atoms with Gasteiger partial charge in [0.2, 0.25) is 0 Å². The molecule has 0 saturated carbocycles. The molecule has 0 saturated heterocycles. The van der Waals surface area contributed by atoms with Gasteiger partial charge in [-0.25, -0.2) is 17.9 Å². The van der Waals surface area contributed by atoms with Gasteiger partial charge in [-0.3, -0.25) is 0 Å². The summed E-state index contributed by atoms with van der Waals surface area (Å²) in [4.78, 5) is 0. The number of hydrogen-bond acceptors (Lipinski definition) is 3. The van der Waals surface area contributed by atoms with Crippen LogP contribution in [-0.2, 0) is 6.42 Å². The summed E-state index contributed by atoms with van der Waals surface area (Å²) in [5.41, 5.74) is 6.16. The molecule has 0 atom stereocenters. The number of rotatable bonds is 5. The Morgan fingerprint density at radius 1 is 1.11 bits per heavy atom. The van der Waals surface area contributed by atoms with Crippen molar-refractivity contribution >= 4 is 0 Å². The number of benzene rings is 1. The molecule has 0 spiro atoms. The van der Waals surface area contributed by atoms with Crippen molar-refractivity contribution in [2.75, 3.05) is 6.54 Å². The van der Waals surface area contributed by atoms with E-state index >= 15 is 0 Å². The van der Waals surface area contributed by atoms with Gasteiger partial charge in [0.05, 0.1) is 17.6 Å². The zero-order valence-corrected chi connectivity index (χ0v) is 10.1. The Labute approximate surface area is 108 Å². The van der Waals surface area contributed by atoms with Crippen molar-refractivity contribution in [3.63, 3.8) is 0 Å². The minimum Gasteiger partial charge on any atom is -0.330 e. The summed E-state index contributed by atoms with van der Waals surface area (Å²) in [6.45, 7) is 0.600. The van der Waals surface area contributed by atoms with Crippen molar-refractivity contribution in [1.82, 2.24) is 15.0 Å². The fourth-order valence-electron chi connectivity index (χ4n) is 1.66. The van der Waals surface area contributed by atoms with Crippen LogP contribution in [0.2, 0.25) is 0 Å². The second-order valence-electron chi connectivity index (χ2n) is 4.12. The SMILES string of the molecule is NCCCCc1cn(-c2cc(F)c(F)c(F)c2)nn1. The van der Waals surface area contributed by atoms with E-state index in [1.165, 1.54) is 4.68 Å². The molecule has 1 aromatic carbocycles. The molecule has 1 aromatic heterocycles. The van der Waals surface area contributed by atoms with Crippen LogP contribution in [0.1, 0.15) is 18.5 Å². The van der Waals surface area contributed by atoms with E-state index in [1.54, 1.807) is 6.20 Å². The van der Waals surface area contributed by atoms with Crippen molar-refractivity contribution in [2.45, 2.75) is 19.3 Å². The minimum atomic E-state index is -1.49. The maximum Gasteiger partial charge on any atom is 0.194 e. The van der Waals surface area contributed by atoms with E-state index in [4.69, 9.17) is 5.73 Å². The standard InChI is InChI=1S/C12H13F3N4/c13-10-5-9(6-11(14)12(10)15)19-7-8(17-18-19)3-1-2-4-16/h5-7H,1-4,16H2. The first-order chi connectivity index (χ1) is 9.11. The largest absolute Gasteiger partial charge is 0.330 e. The van der Waals surface area contributed by atoms with Gasteiger partial charge in [0.1, 0.15) is 0 Å². The Hall–Kier alpha value is -1.89. The van der Waals surface area contributed by atoms with E-state index in [2.05, 4.69) is 10.3 Å². The summed E-state index contributed by atoms with van der Waals surface area (Å²) in [5, 5.41) is 7.64. The first-order valence-corrected chi connectivity index (χ1v) is 5.88. The smallest absolute Gasteiger partial charge is 0.194 e. The molecule has 102 valence electrons. The van der Waals surface area contributed by atoms with Crippen molar-refractivity contribution in [2.24, 2.45) is 5.73 Å². The van der Waals surface area contributed by atoms with E-state index in [1.807, 2.05) is 0 Å². The Morgan fingerprint density at radius 2 is 1.79 bits per heavy atom. The van der Waals surface area contributed by atoms with Crippen LogP contribution in [-0.4, -0.2) is 21.5 Å². The molecule has 2 aromatic rings. The number of nitrogens with zero attached hydrogens (tertiary/aromatic N) is 3. The summed E-state index contributed by atoms with van der Waals surface area (Å²) in [7, 11) is 0. The molecule has 0 aliphatic carbocycles. The monoisotopic (exact) mass is 270 g/mol. The predicted molar refractivity (Wildman–Crippen MR) is 63.2 cm³/mol. The molecule has 0 amide bonds. The highest BCUT2D eigenvalue weighted by Crippen LogP contribution is 2.16. The van der Waals surface area contributed by atoms with Crippen LogP contribution in [0, 0.1) is 17.5 Å². The number of aromatic nitrogens is 3. The molecule has 1 heterocycles. The van der Waals surface area contributed by atoms with E-state index in [0.717, 1.165) is 25.0 Å². The van der Waals surface area contributed by atoms with Crippen LogP contribution in [0.5, 0.6) is 0 Å². The second kappa shape index (κ2) is 5.83. The fraction of sp³-hybridized carbons (Fsp3) is 0.333. The van der Waals surface area contributed by atoms with Gasteiger partial charge in [-0.2, -0.15) is 0 Å². The van der Waals surface area contributed by atoms with Crippen molar-refractivity contribution in [3.05, 3.63) is 41.5 Å². The Kier molecular flexibility index (Phi) is 4.16. The van der Waals surface area contributed by atoms with Gasteiger partial charge in [-0.15, -0.1) is 5.10 Å². The lowest BCUT2D eigenvalue weighted by Crippen LogP contribution is -2.00. The average molecular weight is 270 g/mol. The molecule has 2 rings (SSSR count). The normalized spacial score (nSPS) is 10.9. The maximum atomic E-state index is 13.1. The van der Waals surface area contributed by atoms with Gasteiger partial charge in [0.25, 0.3) is 0 Å². The molecule has 0 radical (unpaired) electrons. The fourth-order valence-corrected chi connectivity index (χ4v) is 1.66.